The third-order valence-electron chi connectivity index (χ3n) is 3.70. The van der Waals surface area contributed by atoms with Gasteiger partial charge in [0.1, 0.15) is 11.6 Å². The third kappa shape index (κ3) is 4.72. The Morgan fingerprint density at radius 1 is 1.23 bits per heavy atom. The average molecular weight is 377 g/mol. The first-order chi connectivity index (χ1) is 12.1. The molecule has 1 heterocycles. The summed E-state index contributed by atoms with van der Waals surface area (Å²) in [5.41, 5.74) is 2.03. The number of ether oxygens (including phenoxy) is 1. The lowest BCUT2D eigenvalue weighted by Gasteiger charge is -2.19. The zero-order valence-corrected chi connectivity index (χ0v) is 16.3. The molecule has 1 aromatic heterocycles. The third-order valence-corrected chi connectivity index (χ3v) is 4.44. The number of aromatic nitrogens is 1. The van der Waals surface area contributed by atoms with E-state index < -0.39 is 12.0 Å². The van der Waals surface area contributed by atoms with Gasteiger partial charge in [-0.2, -0.15) is 4.37 Å². The van der Waals surface area contributed by atoms with Crippen molar-refractivity contribution in [2.75, 3.05) is 19.4 Å². The zero-order chi connectivity index (χ0) is 19.5. The number of nitrogens with zero attached hydrogens (tertiary/aromatic N) is 2. The maximum Gasteiger partial charge on any atom is 0.344 e. The van der Waals surface area contributed by atoms with Crippen LogP contribution in [0.2, 0.25) is 0 Å². The first-order valence-corrected chi connectivity index (χ1v) is 8.80. The first kappa shape index (κ1) is 19.7. The number of hydrogen-bond donors (Lipinski definition) is 2. The van der Waals surface area contributed by atoms with Gasteiger partial charge >= 0.3 is 12.0 Å². The second-order valence-electron chi connectivity index (χ2n) is 7.06. The lowest BCUT2D eigenvalue weighted by atomic mass is 9.87. The lowest BCUT2D eigenvalue weighted by Crippen LogP contribution is -2.27. The summed E-state index contributed by atoms with van der Waals surface area (Å²) in [6.07, 6.45) is 0. The number of amides is 2. The summed E-state index contributed by atoms with van der Waals surface area (Å²) in [5, 5.41) is 12.1. The molecule has 0 atom stereocenters. The van der Waals surface area contributed by atoms with Gasteiger partial charge in [0.2, 0.25) is 5.88 Å². The second-order valence-corrected chi connectivity index (χ2v) is 7.83. The molecular formula is C18H23N3O4S. The normalized spacial score (nSPS) is 11.1. The van der Waals surface area contributed by atoms with Crippen LogP contribution in [0.1, 0.15) is 42.3 Å². The molecule has 8 heteroatoms. The molecule has 0 fully saturated rings. The Hall–Kier alpha value is -2.61. The summed E-state index contributed by atoms with van der Waals surface area (Å²) in [6.45, 7) is 6.60. The first-order valence-electron chi connectivity index (χ1n) is 8.03. The molecule has 26 heavy (non-hydrogen) atoms. The molecule has 1 aromatic carbocycles. The van der Waals surface area contributed by atoms with Crippen LogP contribution < -0.4 is 10.1 Å². The van der Waals surface area contributed by atoms with E-state index in [9.17, 15) is 14.7 Å². The molecule has 0 spiro atoms. The number of aromatic carboxylic acids is 1. The van der Waals surface area contributed by atoms with Gasteiger partial charge in [0.15, 0.2) is 5.56 Å². The van der Waals surface area contributed by atoms with Crippen molar-refractivity contribution in [1.29, 1.82) is 0 Å². The van der Waals surface area contributed by atoms with Crippen molar-refractivity contribution in [2.45, 2.75) is 32.8 Å². The van der Waals surface area contributed by atoms with Gasteiger partial charge in [-0.05, 0) is 28.1 Å². The number of hydrogen-bond acceptors (Lipinski definition) is 5. The maximum absolute atomic E-state index is 11.7. The number of rotatable bonds is 5. The van der Waals surface area contributed by atoms with Crippen molar-refractivity contribution in [1.82, 2.24) is 9.27 Å². The van der Waals surface area contributed by atoms with Crippen molar-refractivity contribution in [3.8, 4) is 5.88 Å². The quantitative estimate of drug-likeness (QED) is 0.827. The van der Waals surface area contributed by atoms with Crippen LogP contribution in [0.3, 0.4) is 0 Å². The molecule has 0 bridgehead atoms. The number of carbonyl (C=O) groups excluding carboxylic acids is 1. The smallest absolute Gasteiger partial charge is 0.344 e. The number of benzene rings is 1. The Labute approximate surface area is 156 Å². The number of carbonyl (C=O) groups is 2. The minimum absolute atomic E-state index is 0.00328. The zero-order valence-electron chi connectivity index (χ0n) is 15.5. The minimum Gasteiger partial charge on any atom is -0.477 e. The molecule has 0 aliphatic rings. The van der Waals surface area contributed by atoms with Gasteiger partial charge in [-0.25, -0.2) is 9.59 Å². The molecule has 2 rings (SSSR count). The molecule has 0 unspecified atom stereocenters. The number of carboxylic acid groups (broad SMARTS) is 1. The van der Waals surface area contributed by atoms with E-state index in [4.69, 9.17) is 4.74 Å². The molecule has 140 valence electrons. The van der Waals surface area contributed by atoms with E-state index in [0.717, 1.165) is 17.1 Å². The number of anilines is 1. The van der Waals surface area contributed by atoms with Crippen LogP contribution in [0.4, 0.5) is 9.80 Å². The van der Waals surface area contributed by atoms with E-state index >= 15 is 0 Å². The summed E-state index contributed by atoms with van der Waals surface area (Å²) < 4.78 is 9.61. The summed E-state index contributed by atoms with van der Waals surface area (Å²) in [7, 11) is 3.13. The Balaban J connectivity index is 2.13. The Morgan fingerprint density at radius 2 is 1.85 bits per heavy atom. The summed E-state index contributed by atoms with van der Waals surface area (Å²) in [5.74, 6) is -1.21. The van der Waals surface area contributed by atoms with E-state index in [1.807, 2.05) is 24.3 Å². The highest BCUT2D eigenvalue weighted by Gasteiger charge is 2.24. The van der Waals surface area contributed by atoms with Crippen LogP contribution in [0.5, 0.6) is 5.88 Å². The minimum atomic E-state index is -1.20. The van der Waals surface area contributed by atoms with E-state index in [2.05, 4.69) is 30.5 Å². The predicted molar refractivity (Wildman–Crippen MR) is 101 cm³/mol. The second kappa shape index (κ2) is 7.74. The summed E-state index contributed by atoms with van der Waals surface area (Å²) in [6, 6.07) is 7.52. The number of urea groups is 1. The van der Waals surface area contributed by atoms with Gasteiger partial charge in [0.25, 0.3) is 0 Å². The molecule has 0 saturated heterocycles. The van der Waals surface area contributed by atoms with Crippen molar-refractivity contribution in [3.63, 3.8) is 0 Å². The van der Waals surface area contributed by atoms with Crippen molar-refractivity contribution in [3.05, 3.63) is 41.0 Å². The van der Waals surface area contributed by atoms with Crippen LogP contribution in [0.15, 0.2) is 24.3 Å². The van der Waals surface area contributed by atoms with Crippen molar-refractivity contribution >= 4 is 28.5 Å². The van der Waals surface area contributed by atoms with Crippen LogP contribution in [0, 0.1) is 0 Å². The summed E-state index contributed by atoms with van der Waals surface area (Å²) >= 11 is 0.877. The fraction of sp³-hybridized carbons (Fsp3) is 0.389. The lowest BCUT2D eigenvalue weighted by molar-refractivity contribution is 0.0693. The highest BCUT2D eigenvalue weighted by molar-refractivity contribution is 7.11. The monoisotopic (exact) mass is 377 g/mol. The van der Waals surface area contributed by atoms with Crippen LogP contribution in [-0.4, -0.2) is 40.5 Å². The standard InChI is InChI=1S/C18H23N3O4S/c1-18(2,3)12-8-6-11(7-9-12)10-25-14-13(16(22)23)15(26-20-14)19-17(24)21(4)5/h6-9H,10H2,1-5H3,(H,19,24)(H,22,23). The Kier molecular flexibility index (Phi) is 5.86. The van der Waals surface area contributed by atoms with Crippen LogP contribution >= 0.6 is 11.5 Å². The van der Waals surface area contributed by atoms with E-state index in [1.165, 1.54) is 10.5 Å². The Bertz CT molecular complexity index is 792. The molecular weight excluding hydrogens is 354 g/mol. The molecule has 2 aromatic rings. The molecule has 7 nitrogen and oxygen atoms in total. The van der Waals surface area contributed by atoms with Crippen LogP contribution in [0.25, 0.3) is 0 Å². The number of nitrogens with one attached hydrogen (secondary N) is 1. The van der Waals surface area contributed by atoms with Gasteiger partial charge in [0, 0.05) is 14.1 Å². The number of carboxylic acids is 1. The largest absolute Gasteiger partial charge is 0.477 e. The van der Waals surface area contributed by atoms with E-state index in [1.54, 1.807) is 14.1 Å². The Morgan fingerprint density at radius 3 is 2.35 bits per heavy atom. The summed E-state index contributed by atoms with van der Waals surface area (Å²) in [4.78, 5) is 24.6. The molecule has 0 saturated carbocycles. The van der Waals surface area contributed by atoms with Gasteiger partial charge in [-0.3, -0.25) is 5.32 Å². The fourth-order valence-corrected chi connectivity index (χ4v) is 2.83. The topological polar surface area (TPSA) is 91.8 Å². The highest BCUT2D eigenvalue weighted by Crippen LogP contribution is 2.31. The van der Waals surface area contributed by atoms with Gasteiger partial charge in [0.05, 0.1) is 0 Å². The van der Waals surface area contributed by atoms with E-state index in [0.29, 0.717) is 0 Å². The highest BCUT2D eigenvalue weighted by atomic mass is 32.1. The fourth-order valence-electron chi connectivity index (χ4n) is 2.11. The van der Waals surface area contributed by atoms with E-state index in [-0.39, 0.29) is 28.5 Å². The molecule has 2 N–H and O–H groups in total. The average Bonchev–Trinajstić information content (AvgIpc) is 2.95. The molecule has 0 aliphatic carbocycles. The van der Waals surface area contributed by atoms with Gasteiger partial charge in [-0.15, -0.1) is 0 Å². The van der Waals surface area contributed by atoms with Gasteiger partial charge < -0.3 is 14.7 Å². The maximum atomic E-state index is 11.7. The molecule has 0 radical (unpaired) electrons. The SMILES string of the molecule is CN(C)C(=O)Nc1snc(OCc2ccc(C(C)(C)C)cc2)c1C(=O)O. The molecule has 0 aliphatic heterocycles. The predicted octanol–water partition coefficient (Wildman–Crippen LogP) is 3.81. The van der Waals surface area contributed by atoms with Crippen LogP contribution in [-0.2, 0) is 12.0 Å². The molecule has 2 amide bonds. The van der Waals surface area contributed by atoms with Crippen molar-refractivity contribution in [2.24, 2.45) is 0 Å². The van der Waals surface area contributed by atoms with Crippen molar-refractivity contribution < 1.29 is 19.4 Å². The van der Waals surface area contributed by atoms with Gasteiger partial charge in [-0.1, -0.05) is 45.0 Å².